The minimum absolute atomic E-state index is 0.316. The van der Waals surface area contributed by atoms with Gasteiger partial charge >= 0.3 is 0 Å². The van der Waals surface area contributed by atoms with Crippen LogP contribution in [0.5, 0.6) is 0 Å². The normalized spacial score (nSPS) is 10.4. The van der Waals surface area contributed by atoms with Crippen molar-refractivity contribution in [2.45, 2.75) is 20.8 Å². The van der Waals surface area contributed by atoms with Crippen LogP contribution in [0.3, 0.4) is 0 Å². The van der Waals surface area contributed by atoms with Crippen molar-refractivity contribution in [3.63, 3.8) is 0 Å². The van der Waals surface area contributed by atoms with Gasteiger partial charge in [-0.3, -0.25) is 0 Å². The second kappa shape index (κ2) is 4.60. The lowest BCUT2D eigenvalue weighted by atomic mass is 10.2. The summed E-state index contributed by atoms with van der Waals surface area (Å²) in [6.07, 6.45) is 0. The Bertz CT molecular complexity index is 576. The lowest BCUT2D eigenvalue weighted by Gasteiger charge is -2.13. The van der Waals surface area contributed by atoms with Gasteiger partial charge in [-0.2, -0.15) is 0 Å². The maximum absolute atomic E-state index is 13.7. The molecule has 0 radical (unpaired) electrons. The van der Waals surface area contributed by atoms with Gasteiger partial charge in [-0.15, -0.1) is 0 Å². The second-order valence-corrected chi connectivity index (χ2v) is 4.19. The number of para-hydroxylation sites is 1. The van der Waals surface area contributed by atoms with Crippen molar-refractivity contribution in [2.75, 3.05) is 11.1 Å². The molecule has 5 heteroatoms. The topological polar surface area (TPSA) is 63.8 Å². The van der Waals surface area contributed by atoms with Crippen LogP contribution in [0.4, 0.5) is 21.7 Å². The number of benzene rings is 1. The van der Waals surface area contributed by atoms with Crippen LogP contribution in [0.2, 0.25) is 0 Å². The van der Waals surface area contributed by atoms with E-state index in [9.17, 15) is 4.39 Å². The van der Waals surface area contributed by atoms with Crippen molar-refractivity contribution in [3.8, 4) is 0 Å². The quantitative estimate of drug-likeness (QED) is 0.855. The number of hydrogen-bond donors (Lipinski definition) is 2. The summed E-state index contributed by atoms with van der Waals surface area (Å²) in [6, 6.07) is 4.91. The molecule has 2 rings (SSSR count). The molecule has 94 valence electrons. The average Bonchev–Trinajstić information content (AvgIpc) is 2.30. The molecule has 0 saturated carbocycles. The third kappa shape index (κ3) is 2.25. The average molecular weight is 246 g/mol. The maximum atomic E-state index is 13.7. The molecule has 1 aromatic carbocycles. The molecule has 2 aromatic rings. The third-order valence-corrected chi connectivity index (χ3v) is 2.76. The van der Waals surface area contributed by atoms with Crippen LogP contribution in [0, 0.1) is 26.6 Å². The first-order valence-electron chi connectivity index (χ1n) is 5.62. The molecule has 0 aliphatic carbocycles. The van der Waals surface area contributed by atoms with E-state index in [1.165, 1.54) is 6.07 Å². The summed E-state index contributed by atoms with van der Waals surface area (Å²) in [7, 11) is 0. The van der Waals surface area contributed by atoms with E-state index in [1.807, 2.05) is 13.0 Å². The highest BCUT2D eigenvalue weighted by molar-refractivity contribution is 5.66. The van der Waals surface area contributed by atoms with Crippen LogP contribution < -0.4 is 11.1 Å². The Hall–Kier alpha value is -2.17. The fraction of sp³-hybridized carbons (Fsp3) is 0.231. The Balaban J connectivity index is 2.46. The number of aromatic nitrogens is 2. The van der Waals surface area contributed by atoms with Crippen LogP contribution in [-0.2, 0) is 0 Å². The molecule has 18 heavy (non-hydrogen) atoms. The molecule has 4 nitrogen and oxygen atoms in total. The Kier molecular flexibility index (Phi) is 3.14. The van der Waals surface area contributed by atoms with Gasteiger partial charge in [0, 0.05) is 5.56 Å². The van der Waals surface area contributed by atoms with Crippen molar-refractivity contribution >= 4 is 17.3 Å². The highest BCUT2D eigenvalue weighted by Gasteiger charge is 2.10. The van der Waals surface area contributed by atoms with E-state index in [1.54, 1.807) is 19.9 Å². The van der Waals surface area contributed by atoms with Gasteiger partial charge in [0.15, 0.2) is 0 Å². The van der Waals surface area contributed by atoms with Gasteiger partial charge in [-0.25, -0.2) is 14.4 Å². The van der Waals surface area contributed by atoms with Crippen molar-refractivity contribution in [1.82, 2.24) is 9.97 Å². The van der Waals surface area contributed by atoms with E-state index in [4.69, 9.17) is 5.73 Å². The van der Waals surface area contributed by atoms with Gasteiger partial charge in [0.05, 0.1) is 5.69 Å². The number of hydrogen-bond acceptors (Lipinski definition) is 4. The van der Waals surface area contributed by atoms with Gasteiger partial charge in [0.25, 0.3) is 0 Å². The molecular weight excluding hydrogens is 231 g/mol. The van der Waals surface area contributed by atoms with E-state index in [0.717, 1.165) is 5.56 Å². The zero-order chi connectivity index (χ0) is 13.3. The van der Waals surface area contributed by atoms with Crippen LogP contribution in [-0.4, -0.2) is 9.97 Å². The molecular formula is C13H15FN4. The predicted molar refractivity (Wildman–Crippen MR) is 70.3 cm³/mol. The Labute approximate surface area is 105 Å². The Morgan fingerprint density at radius 1 is 1.17 bits per heavy atom. The second-order valence-electron chi connectivity index (χ2n) is 4.19. The van der Waals surface area contributed by atoms with Crippen molar-refractivity contribution in [1.29, 1.82) is 0 Å². The van der Waals surface area contributed by atoms with Crippen LogP contribution in [0.15, 0.2) is 18.2 Å². The summed E-state index contributed by atoms with van der Waals surface area (Å²) < 4.78 is 13.7. The summed E-state index contributed by atoms with van der Waals surface area (Å²) in [5.74, 6) is 1.17. The molecule has 0 atom stereocenters. The summed E-state index contributed by atoms with van der Waals surface area (Å²) in [4.78, 5) is 8.30. The lowest BCUT2D eigenvalue weighted by Crippen LogP contribution is -2.06. The molecule has 0 aliphatic rings. The number of rotatable bonds is 2. The van der Waals surface area contributed by atoms with Gasteiger partial charge in [-0.1, -0.05) is 12.1 Å². The van der Waals surface area contributed by atoms with Gasteiger partial charge < -0.3 is 11.1 Å². The van der Waals surface area contributed by atoms with Crippen LogP contribution in [0.1, 0.15) is 17.0 Å². The predicted octanol–water partition coefficient (Wildman–Crippen LogP) is 2.87. The van der Waals surface area contributed by atoms with E-state index in [2.05, 4.69) is 15.3 Å². The Morgan fingerprint density at radius 2 is 1.89 bits per heavy atom. The zero-order valence-corrected chi connectivity index (χ0v) is 10.6. The van der Waals surface area contributed by atoms with E-state index < -0.39 is 0 Å². The molecule has 0 bridgehead atoms. The van der Waals surface area contributed by atoms with Crippen molar-refractivity contribution in [3.05, 3.63) is 41.0 Å². The SMILES string of the molecule is Cc1nc(N)c(C)c(Nc2c(C)cccc2F)n1. The number of nitrogen functional groups attached to an aromatic ring is 1. The summed E-state index contributed by atoms with van der Waals surface area (Å²) >= 11 is 0. The standard InChI is InChI=1S/C13H15FN4/c1-7-5-4-6-10(14)11(7)18-13-8(2)12(15)16-9(3)17-13/h4-6H,1-3H3,(H3,15,16,17,18). The maximum Gasteiger partial charge on any atom is 0.146 e. The Morgan fingerprint density at radius 3 is 2.56 bits per heavy atom. The smallest absolute Gasteiger partial charge is 0.146 e. The first-order valence-corrected chi connectivity index (χ1v) is 5.62. The molecule has 0 unspecified atom stereocenters. The number of nitrogens with two attached hydrogens (primary N) is 1. The number of aryl methyl sites for hydroxylation is 2. The first-order chi connectivity index (χ1) is 8.49. The van der Waals surface area contributed by atoms with E-state index in [0.29, 0.717) is 28.7 Å². The fourth-order valence-electron chi connectivity index (χ4n) is 1.68. The molecule has 0 fully saturated rings. The van der Waals surface area contributed by atoms with Crippen LogP contribution in [0.25, 0.3) is 0 Å². The first kappa shape index (κ1) is 12.3. The minimum Gasteiger partial charge on any atom is -0.383 e. The van der Waals surface area contributed by atoms with E-state index in [-0.39, 0.29) is 5.82 Å². The molecule has 1 heterocycles. The summed E-state index contributed by atoms with van der Waals surface area (Å²) in [6.45, 7) is 5.38. The zero-order valence-electron chi connectivity index (χ0n) is 10.6. The highest BCUT2D eigenvalue weighted by Crippen LogP contribution is 2.26. The summed E-state index contributed by atoms with van der Waals surface area (Å²) in [5.41, 5.74) is 7.70. The number of anilines is 3. The van der Waals surface area contributed by atoms with Crippen molar-refractivity contribution < 1.29 is 4.39 Å². The highest BCUT2D eigenvalue weighted by atomic mass is 19.1. The molecule has 0 aliphatic heterocycles. The molecule has 0 amide bonds. The fourth-order valence-corrected chi connectivity index (χ4v) is 1.68. The number of nitrogens with zero attached hydrogens (tertiary/aromatic N) is 2. The summed E-state index contributed by atoms with van der Waals surface area (Å²) in [5, 5.41) is 2.98. The van der Waals surface area contributed by atoms with Gasteiger partial charge in [-0.05, 0) is 32.4 Å². The minimum atomic E-state index is -0.316. The van der Waals surface area contributed by atoms with Crippen molar-refractivity contribution in [2.24, 2.45) is 0 Å². The van der Waals surface area contributed by atoms with E-state index >= 15 is 0 Å². The van der Waals surface area contributed by atoms with Gasteiger partial charge in [0.2, 0.25) is 0 Å². The lowest BCUT2D eigenvalue weighted by molar-refractivity contribution is 0.630. The van der Waals surface area contributed by atoms with Crippen LogP contribution >= 0.6 is 0 Å². The van der Waals surface area contributed by atoms with Gasteiger partial charge in [0.1, 0.15) is 23.3 Å². The third-order valence-electron chi connectivity index (χ3n) is 2.76. The molecule has 0 saturated heterocycles. The molecule has 1 aromatic heterocycles. The molecule has 0 spiro atoms. The largest absolute Gasteiger partial charge is 0.383 e. The number of halogens is 1. The number of nitrogens with one attached hydrogen (secondary N) is 1. The molecule has 3 N–H and O–H groups in total. The monoisotopic (exact) mass is 246 g/mol.